The van der Waals surface area contributed by atoms with Crippen molar-refractivity contribution in [1.82, 2.24) is 0 Å². The zero-order valence-electron chi connectivity index (χ0n) is 11.3. The molecule has 1 aliphatic heterocycles. The van der Waals surface area contributed by atoms with Gasteiger partial charge in [0, 0.05) is 11.5 Å². The van der Waals surface area contributed by atoms with E-state index in [0.717, 1.165) is 28.9 Å². The van der Waals surface area contributed by atoms with Gasteiger partial charge in [0.25, 0.3) is 0 Å². The Morgan fingerprint density at radius 2 is 2.05 bits per heavy atom. The molecule has 2 aromatic carbocycles. The summed E-state index contributed by atoms with van der Waals surface area (Å²) in [5, 5.41) is 9.26. The molecular weight excluding hydrogens is 252 g/mol. The molecule has 20 heavy (non-hydrogen) atoms. The van der Waals surface area contributed by atoms with Gasteiger partial charge in [-0.15, -0.1) is 0 Å². The monoisotopic (exact) mass is 268 g/mol. The first-order valence-electron chi connectivity index (χ1n) is 6.72. The average Bonchev–Trinajstić information content (AvgIpc) is 2.47. The zero-order valence-corrected chi connectivity index (χ0v) is 11.3. The number of aryl methyl sites for hydroxylation is 1. The van der Waals surface area contributed by atoms with Gasteiger partial charge in [-0.3, -0.25) is 0 Å². The van der Waals surface area contributed by atoms with Crippen LogP contribution in [0, 0.1) is 6.92 Å². The van der Waals surface area contributed by atoms with Crippen LogP contribution in [0.1, 0.15) is 39.4 Å². The number of hydrogen-bond acceptors (Lipinski definition) is 2. The summed E-state index contributed by atoms with van der Waals surface area (Å²) in [6, 6.07) is 13.7. The molecule has 0 saturated carbocycles. The fourth-order valence-corrected chi connectivity index (χ4v) is 2.78. The second-order valence-electron chi connectivity index (χ2n) is 5.11. The first-order valence-corrected chi connectivity index (χ1v) is 6.72. The van der Waals surface area contributed by atoms with E-state index < -0.39 is 5.97 Å². The summed E-state index contributed by atoms with van der Waals surface area (Å²) < 4.78 is 5.66. The lowest BCUT2D eigenvalue weighted by Crippen LogP contribution is -2.15. The van der Waals surface area contributed by atoms with E-state index in [1.165, 1.54) is 0 Å². The van der Waals surface area contributed by atoms with E-state index in [9.17, 15) is 9.90 Å². The van der Waals surface area contributed by atoms with Crippen LogP contribution in [0.2, 0.25) is 0 Å². The smallest absolute Gasteiger partial charge is 0.335 e. The molecule has 1 heterocycles. The molecule has 3 nitrogen and oxygen atoms in total. The van der Waals surface area contributed by atoms with Crippen LogP contribution in [0.25, 0.3) is 0 Å². The highest BCUT2D eigenvalue weighted by atomic mass is 16.5. The Morgan fingerprint density at radius 1 is 1.25 bits per heavy atom. The van der Waals surface area contributed by atoms with Crippen molar-refractivity contribution in [3.63, 3.8) is 0 Å². The third-order valence-electron chi connectivity index (χ3n) is 3.85. The lowest BCUT2D eigenvalue weighted by atomic mass is 9.85. The minimum atomic E-state index is -0.871. The number of carboxylic acid groups (broad SMARTS) is 1. The number of rotatable bonds is 2. The first kappa shape index (κ1) is 12.7. The van der Waals surface area contributed by atoms with E-state index in [0.29, 0.717) is 12.2 Å². The second-order valence-corrected chi connectivity index (χ2v) is 5.11. The van der Waals surface area contributed by atoms with Crippen molar-refractivity contribution in [2.24, 2.45) is 0 Å². The third-order valence-corrected chi connectivity index (χ3v) is 3.85. The first-order chi connectivity index (χ1) is 9.66. The van der Waals surface area contributed by atoms with Crippen LogP contribution in [0.15, 0.2) is 42.5 Å². The quantitative estimate of drug-likeness (QED) is 0.905. The second kappa shape index (κ2) is 5.00. The molecule has 0 bridgehead atoms. The molecule has 1 N–H and O–H groups in total. The molecule has 2 aromatic rings. The minimum Gasteiger partial charge on any atom is -0.493 e. The van der Waals surface area contributed by atoms with E-state index >= 15 is 0 Å². The van der Waals surface area contributed by atoms with Crippen molar-refractivity contribution in [3.8, 4) is 5.75 Å². The maximum Gasteiger partial charge on any atom is 0.335 e. The molecule has 1 aliphatic rings. The highest BCUT2D eigenvalue weighted by Gasteiger charge is 2.23. The molecule has 0 spiro atoms. The Kier molecular flexibility index (Phi) is 3.18. The number of fused-ring (bicyclic) bond motifs is 1. The van der Waals surface area contributed by atoms with Crippen molar-refractivity contribution < 1.29 is 14.6 Å². The molecule has 0 aromatic heterocycles. The number of ether oxygens (including phenoxy) is 1. The maximum absolute atomic E-state index is 11.3. The fraction of sp³-hybridized carbons (Fsp3) is 0.235. The topological polar surface area (TPSA) is 46.5 Å². The molecule has 0 saturated heterocycles. The zero-order chi connectivity index (χ0) is 14.1. The highest BCUT2D eigenvalue weighted by Crippen LogP contribution is 2.38. The predicted octanol–water partition coefficient (Wildman–Crippen LogP) is 3.61. The van der Waals surface area contributed by atoms with Crippen molar-refractivity contribution in [2.75, 3.05) is 6.61 Å². The largest absolute Gasteiger partial charge is 0.493 e. The summed E-state index contributed by atoms with van der Waals surface area (Å²) in [4.78, 5) is 11.3. The van der Waals surface area contributed by atoms with Gasteiger partial charge in [0.15, 0.2) is 0 Å². The van der Waals surface area contributed by atoms with Crippen molar-refractivity contribution in [3.05, 3.63) is 64.7 Å². The summed E-state index contributed by atoms with van der Waals surface area (Å²) in [5.74, 6) is 0.240. The Bertz CT molecular complexity index is 661. The molecule has 1 unspecified atom stereocenters. The van der Waals surface area contributed by atoms with Gasteiger partial charge in [0.2, 0.25) is 0 Å². The molecule has 102 valence electrons. The van der Waals surface area contributed by atoms with Crippen molar-refractivity contribution in [2.45, 2.75) is 19.3 Å². The van der Waals surface area contributed by atoms with Crippen LogP contribution in [0.3, 0.4) is 0 Å². The summed E-state index contributed by atoms with van der Waals surface area (Å²) in [6.07, 6.45) is 0.874. The van der Waals surface area contributed by atoms with Crippen LogP contribution in [0.5, 0.6) is 5.75 Å². The Morgan fingerprint density at radius 3 is 2.85 bits per heavy atom. The highest BCUT2D eigenvalue weighted by molar-refractivity contribution is 5.89. The van der Waals surface area contributed by atoms with Crippen molar-refractivity contribution in [1.29, 1.82) is 0 Å². The van der Waals surface area contributed by atoms with Gasteiger partial charge in [-0.05, 0) is 36.6 Å². The summed E-state index contributed by atoms with van der Waals surface area (Å²) in [7, 11) is 0. The Labute approximate surface area is 117 Å². The number of para-hydroxylation sites is 1. The summed E-state index contributed by atoms with van der Waals surface area (Å²) in [6.45, 7) is 2.49. The number of benzene rings is 2. The molecule has 3 heteroatoms. The maximum atomic E-state index is 11.3. The molecule has 0 radical (unpaired) electrons. The van der Waals surface area contributed by atoms with Gasteiger partial charge >= 0.3 is 5.97 Å². The number of aromatic carboxylic acids is 1. The van der Waals surface area contributed by atoms with E-state index in [1.54, 1.807) is 6.07 Å². The van der Waals surface area contributed by atoms with Gasteiger partial charge in [-0.25, -0.2) is 4.79 Å². The van der Waals surface area contributed by atoms with E-state index in [4.69, 9.17) is 4.74 Å². The number of carbonyl (C=O) groups is 1. The van der Waals surface area contributed by atoms with Crippen LogP contribution in [0.4, 0.5) is 0 Å². The normalized spacial score (nSPS) is 17.1. The molecule has 0 amide bonds. The van der Waals surface area contributed by atoms with Crippen LogP contribution >= 0.6 is 0 Å². The summed E-state index contributed by atoms with van der Waals surface area (Å²) >= 11 is 0. The SMILES string of the molecule is Cc1ccc(C2CCOc3ccccc32)cc1C(=O)O. The Hall–Kier alpha value is -2.29. The Balaban J connectivity index is 2.07. The summed E-state index contributed by atoms with van der Waals surface area (Å²) in [5.41, 5.74) is 3.36. The standard InChI is InChI=1S/C17H16O3/c1-11-6-7-12(10-15(11)17(18)19)13-8-9-20-16-5-3-2-4-14(13)16/h2-7,10,13H,8-9H2,1H3,(H,18,19). The number of hydrogen-bond donors (Lipinski definition) is 1. The molecule has 3 rings (SSSR count). The third kappa shape index (κ3) is 2.16. The van der Waals surface area contributed by atoms with Gasteiger partial charge in [-0.1, -0.05) is 30.3 Å². The van der Waals surface area contributed by atoms with Crippen LogP contribution in [-0.2, 0) is 0 Å². The average molecular weight is 268 g/mol. The molecule has 0 aliphatic carbocycles. The minimum absolute atomic E-state index is 0.207. The molecule has 1 atom stereocenters. The van der Waals surface area contributed by atoms with E-state index in [1.807, 2.05) is 37.3 Å². The van der Waals surface area contributed by atoms with Gasteiger partial charge < -0.3 is 9.84 Å². The van der Waals surface area contributed by atoms with Gasteiger partial charge in [0.1, 0.15) is 5.75 Å². The fourth-order valence-electron chi connectivity index (χ4n) is 2.78. The van der Waals surface area contributed by atoms with Gasteiger partial charge in [-0.2, -0.15) is 0 Å². The van der Waals surface area contributed by atoms with Gasteiger partial charge in [0.05, 0.1) is 12.2 Å². The lowest BCUT2D eigenvalue weighted by molar-refractivity contribution is 0.0696. The van der Waals surface area contributed by atoms with Crippen molar-refractivity contribution >= 4 is 5.97 Å². The molecular formula is C17H16O3. The predicted molar refractivity (Wildman–Crippen MR) is 76.5 cm³/mol. The van der Waals surface area contributed by atoms with Crippen LogP contribution in [-0.4, -0.2) is 17.7 Å². The van der Waals surface area contributed by atoms with Crippen LogP contribution < -0.4 is 4.74 Å². The van der Waals surface area contributed by atoms with E-state index in [-0.39, 0.29) is 5.92 Å². The molecule has 0 fully saturated rings. The van der Waals surface area contributed by atoms with E-state index in [2.05, 4.69) is 6.07 Å². The lowest BCUT2D eigenvalue weighted by Gasteiger charge is -2.26. The number of carboxylic acids is 1.